The molecule has 4 heterocycles. The van der Waals surface area contributed by atoms with E-state index in [4.69, 9.17) is 4.74 Å². The molecule has 1 saturated heterocycles. The Morgan fingerprint density at radius 2 is 2.08 bits per heavy atom. The summed E-state index contributed by atoms with van der Waals surface area (Å²) in [7, 11) is 0. The average Bonchev–Trinajstić information content (AvgIpc) is 3.19. The number of hydrogen-bond donors (Lipinski definition) is 1. The van der Waals surface area contributed by atoms with Crippen molar-refractivity contribution in [3.63, 3.8) is 0 Å². The number of aryl methyl sites for hydroxylation is 2. The number of thiophene rings is 1. The number of anilines is 1. The van der Waals surface area contributed by atoms with Crippen molar-refractivity contribution in [2.75, 3.05) is 18.5 Å². The Kier molecular flexibility index (Phi) is 4.63. The molecular formula is C19H22N4OS. The molecule has 0 radical (unpaired) electrons. The molecule has 0 unspecified atom stereocenters. The molecule has 1 aliphatic rings. The highest BCUT2D eigenvalue weighted by molar-refractivity contribution is 7.18. The average molecular weight is 354 g/mol. The maximum Gasteiger partial charge on any atom is 0.138 e. The summed E-state index contributed by atoms with van der Waals surface area (Å²) in [6.07, 6.45) is 7.34. The first-order chi connectivity index (χ1) is 12.3. The lowest BCUT2D eigenvalue weighted by molar-refractivity contribution is 0.185. The standard InChI is InChI=1S/C19H22N4OS/c1-3-15-12(2)25-19-17(15)18(21-11-22-19)23-16-10-24-9-14(16)8-13-4-6-20-7-5-13/h4-7,11,14,16H,3,8-10H2,1-2H3,(H,21,22,23)/t14-,16-/m1/s1. The van der Waals surface area contributed by atoms with Crippen LogP contribution >= 0.6 is 11.3 Å². The summed E-state index contributed by atoms with van der Waals surface area (Å²) in [5, 5.41) is 4.84. The predicted molar refractivity (Wildman–Crippen MR) is 101 cm³/mol. The second-order valence-corrected chi connectivity index (χ2v) is 7.70. The van der Waals surface area contributed by atoms with E-state index < -0.39 is 0 Å². The summed E-state index contributed by atoms with van der Waals surface area (Å²) in [5.74, 6) is 1.37. The molecule has 130 valence electrons. The highest BCUT2D eigenvalue weighted by atomic mass is 32.1. The molecule has 3 aromatic heterocycles. The summed E-state index contributed by atoms with van der Waals surface area (Å²) in [6, 6.07) is 4.42. The van der Waals surface area contributed by atoms with Gasteiger partial charge in [0.05, 0.1) is 24.6 Å². The van der Waals surface area contributed by atoms with Crippen LogP contribution in [0.25, 0.3) is 10.2 Å². The number of ether oxygens (including phenoxy) is 1. The van der Waals surface area contributed by atoms with Gasteiger partial charge in [0.2, 0.25) is 0 Å². The van der Waals surface area contributed by atoms with Crippen LogP contribution in [-0.2, 0) is 17.6 Å². The monoisotopic (exact) mass is 354 g/mol. The lowest BCUT2D eigenvalue weighted by Gasteiger charge is -2.20. The molecule has 4 rings (SSSR count). The van der Waals surface area contributed by atoms with Gasteiger partial charge in [-0.15, -0.1) is 11.3 Å². The van der Waals surface area contributed by atoms with Crippen molar-refractivity contribution in [2.45, 2.75) is 32.7 Å². The Morgan fingerprint density at radius 3 is 2.88 bits per heavy atom. The molecule has 0 spiro atoms. The number of pyridine rings is 1. The highest BCUT2D eigenvalue weighted by Gasteiger charge is 2.29. The van der Waals surface area contributed by atoms with E-state index in [0.29, 0.717) is 12.5 Å². The fraction of sp³-hybridized carbons (Fsp3) is 0.421. The van der Waals surface area contributed by atoms with Crippen LogP contribution < -0.4 is 5.32 Å². The number of rotatable bonds is 5. The van der Waals surface area contributed by atoms with Crippen molar-refractivity contribution in [2.24, 2.45) is 5.92 Å². The Bertz CT molecular complexity index is 864. The van der Waals surface area contributed by atoms with Crippen LogP contribution in [0.4, 0.5) is 5.82 Å². The second-order valence-electron chi connectivity index (χ2n) is 6.50. The van der Waals surface area contributed by atoms with E-state index in [0.717, 1.165) is 30.1 Å². The molecule has 1 N–H and O–H groups in total. The minimum atomic E-state index is 0.260. The first-order valence-corrected chi connectivity index (χ1v) is 9.54. The molecule has 5 nitrogen and oxygen atoms in total. The molecule has 1 fully saturated rings. The molecule has 0 aliphatic carbocycles. The third-order valence-electron chi connectivity index (χ3n) is 4.91. The molecule has 0 amide bonds. The highest BCUT2D eigenvalue weighted by Crippen LogP contribution is 2.34. The quantitative estimate of drug-likeness (QED) is 0.758. The number of hydrogen-bond acceptors (Lipinski definition) is 6. The van der Waals surface area contributed by atoms with Gasteiger partial charge in [0.15, 0.2) is 0 Å². The maximum atomic E-state index is 5.77. The predicted octanol–water partition coefficient (Wildman–Crippen LogP) is 3.63. The topological polar surface area (TPSA) is 59.9 Å². The molecule has 0 aromatic carbocycles. The molecule has 3 aromatic rings. The third kappa shape index (κ3) is 3.24. The van der Waals surface area contributed by atoms with E-state index in [1.807, 2.05) is 12.4 Å². The fourth-order valence-electron chi connectivity index (χ4n) is 3.59. The summed E-state index contributed by atoms with van der Waals surface area (Å²) < 4.78 is 5.77. The molecule has 6 heteroatoms. The molecular weight excluding hydrogens is 332 g/mol. The van der Waals surface area contributed by atoms with Crippen molar-refractivity contribution in [1.29, 1.82) is 0 Å². The minimum absolute atomic E-state index is 0.260. The SMILES string of the molecule is CCc1c(C)sc2ncnc(N[C@@H]3COC[C@H]3Cc3ccncc3)c12. The van der Waals surface area contributed by atoms with Gasteiger partial charge >= 0.3 is 0 Å². The zero-order chi connectivity index (χ0) is 17.2. The van der Waals surface area contributed by atoms with E-state index in [9.17, 15) is 0 Å². The van der Waals surface area contributed by atoms with E-state index in [-0.39, 0.29) is 6.04 Å². The zero-order valence-electron chi connectivity index (χ0n) is 14.5. The maximum absolute atomic E-state index is 5.77. The van der Waals surface area contributed by atoms with E-state index >= 15 is 0 Å². The van der Waals surface area contributed by atoms with Crippen molar-refractivity contribution < 1.29 is 4.74 Å². The number of nitrogens with zero attached hydrogens (tertiary/aromatic N) is 3. The van der Waals surface area contributed by atoms with Gasteiger partial charge in [-0.1, -0.05) is 6.92 Å². The van der Waals surface area contributed by atoms with Gasteiger partial charge in [0.1, 0.15) is 17.0 Å². The molecule has 1 aliphatic heterocycles. The van der Waals surface area contributed by atoms with E-state index in [1.54, 1.807) is 17.7 Å². The third-order valence-corrected chi connectivity index (χ3v) is 5.97. The van der Waals surface area contributed by atoms with Gasteiger partial charge in [0.25, 0.3) is 0 Å². The number of fused-ring (bicyclic) bond motifs is 1. The van der Waals surface area contributed by atoms with Gasteiger partial charge in [0, 0.05) is 23.2 Å². The smallest absolute Gasteiger partial charge is 0.138 e. The van der Waals surface area contributed by atoms with E-state index in [1.165, 1.54) is 21.4 Å². The lowest BCUT2D eigenvalue weighted by atomic mass is 9.95. The van der Waals surface area contributed by atoms with Crippen molar-refractivity contribution in [3.05, 3.63) is 46.9 Å². The van der Waals surface area contributed by atoms with Gasteiger partial charge in [-0.2, -0.15) is 0 Å². The second kappa shape index (κ2) is 7.06. The van der Waals surface area contributed by atoms with Gasteiger partial charge in [-0.25, -0.2) is 9.97 Å². The van der Waals surface area contributed by atoms with Crippen molar-refractivity contribution in [1.82, 2.24) is 15.0 Å². The fourth-order valence-corrected chi connectivity index (χ4v) is 4.67. The van der Waals surface area contributed by atoms with Crippen LogP contribution in [0.2, 0.25) is 0 Å². The van der Waals surface area contributed by atoms with Crippen LogP contribution in [0.15, 0.2) is 30.9 Å². The van der Waals surface area contributed by atoms with Crippen LogP contribution in [0.5, 0.6) is 0 Å². The van der Waals surface area contributed by atoms with Gasteiger partial charge in [-0.05, 0) is 43.0 Å². The zero-order valence-corrected chi connectivity index (χ0v) is 15.3. The van der Waals surface area contributed by atoms with Crippen molar-refractivity contribution in [3.8, 4) is 0 Å². The molecule has 0 bridgehead atoms. The minimum Gasteiger partial charge on any atom is -0.379 e. The van der Waals surface area contributed by atoms with E-state index in [2.05, 4.69) is 46.2 Å². The summed E-state index contributed by atoms with van der Waals surface area (Å²) in [5.41, 5.74) is 2.65. The Balaban J connectivity index is 1.60. The lowest BCUT2D eigenvalue weighted by Crippen LogP contribution is -2.29. The Hall–Kier alpha value is -2.05. The van der Waals surface area contributed by atoms with Crippen LogP contribution in [0.3, 0.4) is 0 Å². The summed E-state index contributed by atoms with van der Waals surface area (Å²) in [4.78, 5) is 15.5. The molecule has 2 atom stereocenters. The molecule has 0 saturated carbocycles. The summed E-state index contributed by atoms with van der Waals surface area (Å²) in [6.45, 7) is 5.85. The van der Waals surface area contributed by atoms with Crippen LogP contribution in [0, 0.1) is 12.8 Å². The van der Waals surface area contributed by atoms with Crippen LogP contribution in [0.1, 0.15) is 22.9 Å². The normalized spacial score (nSPS) is 20.2. The van der Waals surface area contributed by atoms with Gasteiger partial charge < -0.3 is 10.1 Å². The first-order valence-electron chi connectivity index (χ1n) is 8.72. The largest absolute Gasteiger partial charge is 0.379 e. The molecule has 25 heavy (non-hydrogen) atoms. The first kappa shape index (κ1) is 16.4. The number of aromatic nitrogens is 3. The summed E-state index contributed by atoms with van der Waals surface area (Å²) >= 11 is 1.75. The Labute approximate surface area is 151 Å². The van der Waals surface area contributed by atoms with Crippen molar-refractivity contribution >= 4 is 27.4 Å². The van der Waals surface area contributed by atoms with Gasteiger partial charge in [-0.3, -0.25) is 4.98 Å². The Morgan fingerprint density at radius 1 is 1.24 bits per heavy atom. The number of nitrogens with one attached hydrogen (secondary N) is 1. The van der Waals surface area contributed by atoms with Crippen LogP contribution in [-0.4, -0.2) is 34.2 Å².